The molecule has 0 aromatic carbocycles. The van der Waals surface area contributed by atoms with Gasteiger partial charge >= 0.3 is 0 Å². The molecule has 0 unspecified atom stereocenters. The fourth-order valence-electron chi connectivity index (χ4n) is 4.60. The Morgan fingerprint density at radius 3 is 2.38 bits per heavy atom. The van der Waals surface area contributed by atoms with Gasteiger partial charge in [0.1, 0.15) is 17.4 Å². The highest BCUT2D eigenvalue weighted by molar-refractivity contribution is 5.77. The number of aromatic nitrogens is 7. The highest BCUT2D eigenvalue weighted by Gasteiger charge is 2.28. The summed E-state index contributed by atoms with van der Waals surface area (Å²) >= 11 is 0. The molecule has 0 aliphatic carbocycles. The Bertz CT molecular complexity index is 1450. The number of fused-ring (bicyclic) bond motifs is 1. The standard InChI is InChI=1S/C27H31N9O/c1-5-7-22(8-6-2)27(3,37)23-15-28-26(29-16-23)35-11-9-34(10-12-35)25-24-13-20(18-36(24)32-19-30-25)21-14-31-33(4)17-21/h5-8,13-19,37H,1,9-12H2,2-4H3/b8-6-,22-7+/t27-/m1/s1. The van der Waals surface area contributed by atoms with Gasteiger partial charge in [-0.2, -0.15) is 10.2 Å². The molecule has 1 N–H and O–H groups in total. The molecule has 4 aromatic rings. The van der Waals surface area contributed by atoms with E-state index in [1.54, 1.807) is 42.5 Å². The van der Waals surface area contributed by atoms with Crippen molar-refractivity contribution in [3.8, 4) is 11.1 Å². The van der Waals surface area contributed by atoms with Crippen molar-refractivity contribution < 1.29 is 5.11 Å². The van der Waals surface area contributed by atoms with Crippen molar-refractivity contribution in [3.05, 3.63) is 85.4 Å². The predicted octanol–water partition coefficient (Wildman–Crippen LogP) is 3.14. The van der Waals surface area contributed by atoms with Crippen LogP contribution in [0.25, 0.3) is 16.6 Å². The monoisotopic (exact) mass is 497 g/mol. The summed E-state index contributed by atoms with van der Waals surface area (Å²) in [6.07, 6.45) is 18.0. The molecule has 190 valence electrons. The first-order chi connectivity index (χ1) is 17.9. The lowest BCUT2D eigenvalue weighted by atomic mass is 9.89. The van der Waals surface area contributed by atoms with Crippen LogP contribution < -0.4 is 9.80 Å². The van der Waals surface area contributed by atoms with E-state index in [2.05, 4.69) is 47.6 Å². The predicted molar refractivity (Wildman–Crippen MR) is 144 cm³/mol. The first-order valence-corrected chi connectivity index (χ1v) is 12.2. The lowest BCUT2D eigenvalue weighted by Crippen LogP contribution is -2.47. The smallest absolute Gasteiger partial charge is 0.225 e. The number of allylic oxidation sites excluding steroid dienone is 3. The van der Waals surface area contributed by atoms with Gasteiger partial charge in [-0.3, -0.25) is 4.68 Å². The Morgan fingerprint density at radius 1 is 1.00 bits per heavy atom. The molecule has 5 heterocycles. The van der Waals surface area contributed by atoms with Crippen LogP contribution in [0.5, 0.6) is 0 Å². The summed E-state index contributed by atoms with van der Waals surface area (Å²) in [5.41, 5.74) is 3.19. The largest absolute Gasteiger partial charge is 0.381 e. The quantitative estimate of drug-likeness (QED) is 0.389. The Kier molecular flexibility index (Phi) is 6.58. The van der Waals surface area contributed by atoms with Crippen molar-refractivity contribution in [2.75, 3.05) is 36.0 Å². The van der Waals surface area contributed by atoms with E-state index in [1.165, 1.54) is 0 Å². The van der Waals surface area contributed by atoms with Gasteiger partial charge in [0.2, 0.25) is 5.95 Å². The van der Waals surface area contributed by atoms with E-state index in [4.69, 9.17) is 0 Å². The molecule has 1 atom stereocenters. The van der Waals surface area contributed by atoms with E-state index in [1.807, 2.05) is 49.2 Å². The van der Waals surface area contributed by atoms with E-state index < -0.39 is 5.60 Å². The van der Waals surface area contributed by atoms with Crippen LogP contribution >= 0.6 is 0 Å². The van der Waals surface area contributed by atoms with Crippen LogP contribution in [0.4, 0.5) is 11.8 Å². The van der Waals surface area contributed by atoms with Gasteiger partial charge in [0.15, 0.2) is 5.82 Å². The lowest BCUT2D eigenvalue weighted by Gasteiger charge is -2.35. The van der Waals surface area contributed by atoms with Crippen LogP contribution in [0.15, 0.2) is 79.8 Å². The SMILES string of the molecule is C=C/C=C(\C=C/C)[C@@](C)(O)c1cnc(N2CCN(c3ncnn4cc(-c5cnn(C)c5)cc34)CC2)nc1. The van der Waals surface area contributed by atoms with Gasteiger partial charge in [-0.25, -0.2) is 19.5 Å². The highest BCUT2D eigenvalue weighted by atomic mass is 16.3. The second-order valence-electron chi connectivity index (χ2n) is 9.22. The fraction of sp³-hybridized carbons (Fsp3) is 0.296. The molecule has 4 aromatic heterocycles. The molecule has 37 heavy (non-hydrogen) atoms. The molecule has 1 fully saturated rings. The summed E-state index contributed by atoms with van der Waals surface area (Å²) in [6, 6.07) is 2.11. The topological polar surface area (TPSA) is 101 Å². The zero-order valence-electron chi connectivity index (χ0n) is 21.4. The molecule has 0 radical (unpaired) electrons. The Balaban J connectivity index is 1.30. The van der Waals surface area contributed by atoms with Crippen LogP contribution in [-0.4, -0.2) is 65.6 Å². The zero-order valence-corrected chi connectivity index (χ0v) is 21.4. The van der Waals surface area contributed by atoms with Crippen molar-refractivity contribution in [2.45, 2.75) is 19.4 Å². The number of aliphatic hydroxyl groups is 1. The number of piperazine rings is 1. The van der Waals surface area contributed by atoms with Gasteiger partial charge < -0.3 is 14.9 Å². The first kappa shape index (κ1) is 24.4. The first-order valence-electron chi connectivity index (χ1n) is 12.2. The average Bonchev–Trinajstić information content (AvgIpc) is 3.55. The van der Waals surface area contributed by atoms with Gasteiger partial charge in [0, 0.05) is 74.7 Å². The van der Waals surface area contributed by atoms with E-state index >= 15 is 0 Å². The molecule has 5 rings (SSSR count). The molecule has 0 spiro atoms. The van der Waals surface area contributed by atoms with Crippen LogP contribution in [0.2, 0.25) is 0 Å². The third-order valence-electron chi connectivity index (χ3n) is 6.69. The average molecular weight is 498 g/mol. The van der Waals surface area contributed by atoms with Gasteiger partial charge in [-0.1, -0.05) is 30.9 Å². The highest BCUT2D eigenvalue weighted by Crippen LogP contribution is 2.30. The number of nitrogens with zero attached hydrogens (tertiary/aromatic N) is 9. The van der Waals surface area contributed by atoms with Gasteiger partial charge in [-0.15, -0.1) is 0 Å². The van der Waals surface area contributed by atoms with Crippen molar-refractivity contribution >= 4 is 17.3 Å². The second kappa shape index (κ2) is 9.98. The van der Waals surface area contributed by atoms with Crippen molar-refractivity contribution in [1.29, 1.82) is 0 Å². The van der Waals surface area contributed by atoms with Crippen LogP contribution in [0.1, 0.15) is 19.4 Å². The maximum atomic E-state index is 11.1. The maximum absolute atomic E-state index is 11.1. The van der Waals surface area contributed by atoms with Gasteiger partial charge in [0.05, 0.1) is 6.20 Å². The molecule has 1 saturated heterocycles. The minimum absolute atomic E-state index is 0.627. The zero-order chi connectivity index (χ0) is 26.0. The molecule has 0 bridgehead atoms. The van der Waals surface area contributed by atoms with E-state index in [-0.39, 0.29) is 0 Å². The number of rotatable bonds is 7. The summed E-state index contributed by atoms with van der Waals surface area (Å²) < 4.78 is 3.66. The molecule has 0 saturated carbocycles. The molecular formula is C27H31N9O. The number of anilines is 2. The Hall–Kier alpha value is -4.31. The number of hydrogen-bond donors (Lipinski definition) is 1. The van der Waals surface area contributed by atoms with Gasteiger partial charge in [-0.05, 0) is 25.5 Å². The summed E-state index contributed by atoms with van der Waals surface area (Å²) in [4.78, 5) is 18.2. The van der Waals surface area contributed by atoms with E-state index in [9.17, 15) is 5.11 Å². The third kappa shape index (κ3) is 4.75. The second-order valence-corrected chi connectivity index (χ2v) is 9.22. The van der Waals surface area contributed by atoms with E-state index in [0.29, 0.717) is 11.5 Å². The minimum Gasteiger partial charge on any atom is -0.381 e. The molecule has 10 nitrogen and oxygen atoms in total. The summed E-state index contributed by atoms with van der Waals surface area (Å²) in [6.45, 7) is 10.5. The molecule has 10 heteroatoms. The maximum Gasteiger partial charge on any atom is 0.225 e. The lowest BCUT2D eigenvalue weighted by molar-refractivity contribution is 0.101. The molecule has 1 aliphatic heterocycles. The number of hydrogen-bond acceptors (Lipinski definition) is 8. The minimum atomic E-state index is -1.22. The molecular weight excluding hydrogens is 466 g/mol. The normalized spacial score (nSPS) is 16.5. The van der Waals surface area contributed by atoms with Crippen LogP contribution in [0.3, 0.4) is 0 Å². The molecule has 1 aliphatic rings. The number of aryl methyl sites for hydroxylation is 1. The fourth-order valence-corrected chi connectivity index (χ4v) is 4.60. The van der Waals surface area contributed by atoms with Gasteiger partial charge in [0.25, 0.3) is 0 Å². The van der Waals surface area contributed by atoms with Crippen LogP contribution in [-0.2, 0) is 12.6 Å². The Labute approximate surface area is 215 Å². The van der Waals surface area contributed by atoms with E-state index in [0.717, 1.165) is 54.2 Å². The summed E-state index contributed by atoms with van der Waals surface area (Å²) in [5, 5.41) is 19.8. The van der Waals surface area contributed by atoms with Crippen molar-refractivity contribution in [1.82, 2.24) is 34.3 Å². The van der Waals surface area contributed by atoms with Crippen molar-refractivity contribution in [2.24, 2.45) is 7.05 Å². The summed E-state index contributed by atoms with van der Waals surface area (Å²) in [7, 11) is 1.91. The van der Waals surface area contributed by atoms with Crippen LogP contribution in [0, 0.1) is 0 Å². The summed E-state index contributed by atoms with van der Waals surface area (Å²) in [5.74, 6) is 1.55. The molecule has 0 amide bonds. The van der Waals surface area contributed by atoms with Crippen molar-refractivity contribution in [3.63, 3.8) is 0 Å². The third-order valence-corrected chi connectivity index (χ3v) is 6.69. The Morgan fingerprint density at radius 2 is 1.73 bits per heavy atom.